The third-order valence-electron chi connectivity index (χ3n) is 1.26. The van der Waals surface area contributed by atoms with Gasteiger partial charge in [-0.3, -0.25) is 0 Å². The lowest BCUT2D eigenvalue weighted by molar-refractivity contribution is 1.07. The molecular weight excluding hydrogens is 258 g/mol. The van der Waals surface area contributed by atoms with Crippen LogP contribution in [-0.2, 0) is 6.42 Å². The van der Waals surface area contributed by atoms with Crippen molar-refractivity contribution in [3.8, 4) is 0 Å². The summed E-state index contributed by atoms with van der Waals surface area (Å²) in [6.45, 7) is 2.11. The first-order chi connectivity index (χ1) is 4.74. The van der Waals surface area contributed by atoms with E-state index in [0.717, 1.165) is 15.5 Å². The molecular formula is C7H7Br2N. The van der Waals surface area contributed by atoms with Crippen LogP contribution in [-0.4, -0.2) is 4.98 Å². The predicted octanol–water partition coefficient (Wildman–Crippen LogP) is 3.17. The summed E-state index contributed by atoms with van der Waals surface area (Å²) in [5, 5.41) is 0. The Kier molecular flexibility index (Phi) is 2.86. The van der Waals surface area contributed by atoms with Gasteiger partial charge < -0.3 is 0 Å². The first-order valence-corrected chi connectivity index (χ1v) is 4.62. The van der Waals surface area contributed by atoms with E-state index in [1.54, 1.807) is 6.20 Å². The van der Waals surface area contributed by atoms with Gasteiger partial charge in [0.25, 0.3) is 0 Å². The minimum absolute atomic E-state index is 0.943. The van der Waals surface area contributed by atoms with Gasteiger partial charge in [-0.1, -0.05) is 6.92 Å². The van der Waals surface area contributed by atoms with Crippen LogP contribution < -0.4 is 0 Å². The molecule has 0 spiro atoms. The largest absolute Gasteiger partial charge is 0.248 e. The molecule has 1 heterocycles. The lowest BCUT2D eigenvalue weighted by Crippen LogP contribution is -1.85. The maximum atomic E-state index is 4.12. The highest BCUT2D eigenvalue weighted by atomic mass is 79.9. The van der Waals surface area contributed by atoms with Gasteiger partial charge in [-0.2, -0.15) is 0 Å². The fourth-order valence-electron chi connectivity index (χ4n) is 0.712. The Labute approximate surface area is 77.1 Å². The normalized spacial score (nSPS) is 9.90. The van der Waals surface area contributed by atoms with Crippen molar-refractivity contribution in [2.24, 2.45) is 0 Å². The minimum Gasteiger partial charge on any atom is -0.248 e. The summed E-state index contributed by atoms with van der Waals surface area (Å²) in [5.41, 5.74) is 1.23. The molecule has 0 N–H and O–H groups in total. The highest BCUT2D eigenvalue weighted by Gasteiger charge is 1.97. The Morgan fingerprint density at radius 1 is 1.50 bits per heavy atom. The van der Waals surface area contributed by atoms with Gasteiger partial charge in [-0.15, -0.1) is 0 Å². The van der Waals surface area contributed by atoms with Crippen LogP contribution in [0.2, 0.25) is 0 Å². The maximum Gasteiger partial charge on any atom is 0.109 e. The van der Waals surface area contributed by atoms with Gasteiger partial charge in [0.15, 0.2) is 0 Å². The average Bonchev–Trinajstić information content (AvgIpc) is 1.94. The fraction of sp³-hybridized carbons (Fsp3) is 0.286. The number of pyridine rings is 1. The molecule has 1 aromatic rings. The van der Waals surface area contributed by atoms with Crippen LogP contribution in [0.1, 0.15) is 12.5 Å². The van der Waals surface area contributed by atoms with Crippen LogP contribution in [0.5, 0.6) is 0 Å². The van der Waals surface area contributed by atoms with Gasteiger partial charge in [-0.25, -0.2) is 4.98 Å². The second-order valence-corrected chi connectivity index (χ2v) is 3.62. The molecule has 0 bridgehead atoms. The van der Waals surface area contributed by atoms with Gasteiger partial charge >= 0.3 is 0 Å². The van der Waals surface area contributed by atoms with Crippen molar-refractivity contribution in [2.75, 3.05) is 0 Å². The Balaban J connectivity index is 3.09. The summed E-state index contributed by atoms with van der Waals surface area (Å²) in [4.78, 5) is 4.12. The van der Waals surface area contributed by atoms with Crippen molar-refractivity contribution in [3.63, 3.8) is 0 Å². The predicted molar refractivity (Wildman–Crippen MR) is 49.0 cm³/mol. The molecule has 0 saturated heterocycles. The summed E-state index contributed by atoms with van der Waals surface area (Å²) < 4.78 is 1.98. The van der Waals surface area contributed by atoms with Gasteiger partial charge in [-0.05, 0) is 49.9 Å². The molecule has 0 unspecified atom stereocenters. The number of nitrogens with zero attached hydrogens (tertiary/aromatic N) is 1. The third kappa shape index (κ3) is 1.80. The molecule has 1 aromatic heterocycles. The van der Waals surface area contributed by atoms with Crippen molar-refractivity contribution in [1.29, 1.82) is 0 Å². The molecule has 0 aliphatic rings. The number of rotatable bonds is 1. The Morgan fingerprint density at radius 2 is 2.20 bits per heavy atom. The smallest absolute Gasteiger partial charge is 0.109 e. The molecule has 54 valence electrons. The summed E-state index contributed by atoms with van der Waals surface area (Å²) in [6.07, 6.45) is 2.79. The van der Waals surface area contributed by atoms with E-state index in [4.69, 9.17) is 0 Å². The SMILES string of the molecule is CCc1cc(Br)cnc1Br. The average molecular weight is 265 g/mol. The number of hydrogen-bond donors (Lipinski definition) is 0. The van der Waals surface area contributed by atoms with Gasteiger partial charge in [0.1, 0.15) is 4.60 Å². The van der Waals surface area contributed by atoms with Crippen molar-refractivity contribution in [2.45, 2.75) is 13.3 Å². The topological polar surface area (TPSA) is 12.9 Å². The molecule has 10 heavy (non-hydrogen) atoms. The second-order valence-electron chi connectivity index (χ2n) is 1.96. The summed E-state index contributed by atoms with van der Waals surface area (Å²) in [6, 6.07) is 2.07. The van der Waals surface area contributed by atoms with Crippen LogP contribution in [0.4, 0.5) is 0 Å². The van der Waals surface area contributed by atoms with E-state index in [1.165, 1.54) is 5.56 Å². The third-order valence-corrected chi connectivity index (χ3v) is 2.41. The standard InChI is InChI=1S/C7H7Br2N/c1-2-5-3-6(8)4-10-7(5)9/h3-4H,2H2,1H3. The van der Waals surface area contributed by atoms with E-state index in [1.807, 2.05) is 0 Å². The molecule has 0 aliphatic heterocycles. The quantitative estimate of drug-likeness (QED) is 0.710. The molecule has 0 aromatic carbocycles. The summed E-state index contributed by atoms with van der Waals surface area (Å²) in [5.74, 6) is 0. The lowest BCUT2D eigenvalue weighted by atomic mass is 10.2. The van der Waals surface area contributed by atoms with Gasteiger partial charge in [0.2, 0.25) is 0 Å². The van der Waals surface area contributed by atoms with E-state index < -0.39 is 0 Å². The molecule has 0 fully saturated rings. The van der Waals surface area contributed by atoms with Gasteiger partial charge in [0.05, 0.1) is 0 Å². The molecule has 1 nitrogen and oxygen atoms in total. The van der Waals surface area contributed by atoms with E-state index in [-0.39, 0.29) is 0 Å². The fourth-order valence-corrected chi connectivity index (χ4v) is 1.59. The van der Waals surface area contributed by atoms with E-state index in [0.29, 0.717) is 0 Å². The number of aryl methyl sites for hydroxylation is 1. The van der Waals surface area contributed by atoms with Gasteiger partial charge in [0, 0.05) is 10.7 Å². The molecule has 0 aliphatic carbocycles. The Morgan fingerprint density at radius 3 is 2.70 bits per heavy atom. The first-order valence-electron chi connectivity index (χ1n) is 3.04. The zero-order valence-corrected chi connectivity index (χ0v) is 8.74. The molecule has 0 radical (unpaired) electrons. The Bertz CT molecular complexity index is 235. The van der Waals surface area contributed by atoms with Crippen LogP contribution in [0.25, 0.3) is 0 Å². The van der Waals surface area contributed by atoms with E-state index in [9.17, 15) is 0 Å². The van der Waals surface area contributed by atoms with Crippen LogP contribution >= 0.6 is 31.9 Å². The van der Waals surface area contributed by atoms with Crippen LogP contribution in [0.15, 0.2) is 21.3 Å². The molecule has 0 amide bonds. The van der Waals surface area contributed by atoms with E-state index in [2.05, 4.69) is 49.8 Å². The zero-order chi connectivity index (χ0) is 7.56. The minimum atomic E-state index is 0.943. The molecule has 0 atom stereocenters. The number of aromatic nitrogens is 1. The van der Waals surface area contributed by atoms with Crippen LogP contribution in [0, 0.1) is 0 Å². The van der Waals surface area contributed by atoms with E-state index >= 15 is 0 Å². The highest BCUT2D eigenvalue weighted by Crippen LogP contribution is 2.18. The van der Waals surface area contributed by atoms with Crippen molar-refractivity contribution in [1.82, 2.24) is 4.98 Å². The Hall–Kier alpha value is 0.110. The van der Waals surface area contributed by atoms with Crippen molar-refractivity contribution in [3.05, 3.63) is 26.9 Å². The monoisotopic (exact) mass is 263 g/mol. The summed E-state index contributed by atoms with van der Waals surface area (Å²) in [7, 11) is 0. The second kappa shape index (κ2) is 3.49. The molecule has 3 heteroatoms. The maximum absolute atomic E-state index is 4.12. The van der Waals surface area contributed by atoms with Crippen LogP contribution in [0.3, 0.4) is 0 Å². The summed E-state index contributed by atoms with van der Waals surface area (Å²) >= 11 is 6.71. The first kappa shape index (κ1) is 8.21. The molecule has 0 saturated carbocycles. The lowest BCUT2D eigenvalue weighted by Gasteiger charge is -1.98. The number of halogens is 2. The zero-order valence-electron chi connectivity index (χ0n) is 5.56. The van der Waals surface area contributed by atoms with Crippen molar-refractivity contribution < 1.29 is 0 Å². The highest BCUT2D eigenvalue weighted by molar-refractivity contribution is 9.11. The van der Waals surface area contributed by atoms with Crippen molar-refractivity contribution >= 4 is 31.9 Å². The number of hydrogen-bond acceptors (Lipinski definition) is 1. The molecule has 1 rings (SSSR count).